The smallest absolute Gasteiger partial charge is 0.240 e. The lowest BCUT2D eigenvalue weighted by molar-refractivity contribution is 0.0386. The Kier molecular flexibility index (Phi) is 5.52. The number of aliphatic hydroxyl groups is 1. The first-order chi connectivity index (χ1) is 8.62. The molecule has 0 radical (unpaired) electrons. The second kappa shape index (κ2) is 6.32. The van der Waals surface area contributed by atoms with Gasteiger partial charge in [0, 0.05) is 17.6 Å². The highest BCUT2D eigenvalue weighted by atomic mass is 79.9. The maximum Gasteiger partial charge on any atom is 0.240 e. The summed E-state index contributed by atoms with van der Waals surface area (Å²) >= 11 is 3.25. The number of halogens is 1. The van der Waals surface area contributed by atoms with Crippen LogP contribution in [0.1, 0.15) is 6.92 Å². The van der Waals surface area contributed by atoms with Crippen molar-refractivity contribution in [3.63, 3.8) is 0 Å². The second-order valence-corrected chi connectivity index (χ2v) is 7.70. The highest BCUT2D eigenvalue weighted by Gasteiger charge is 2.24. The summed E-state index contributed by atoms with van der Waals surface area (Å²) in [5.41, 5.74) is -1.12. The third kappa shape index (κ3) is 5.58. The molecule has 1 aromatic carbocycles. The molecule has 19 heavy (non-hydrogen) atoms. The monoisotopic (exact) mass is 350 g/mol. The third-order valence-corrected chi connectivity index (χ3v) is 4.37. The SMILES string of the molecule is CN(C)CC(C)(O)CNS(=O)(=O)c1ccc(Br)cc1. The Labute approximate surface area is 122 Å². The average molecular weight is 351 g/mol. The normalized spacial score (nSPS) is 15.5. The van der Waals surface area contributed by atoms with Crippen molar-refractivity contribution in [2.24, 2.45) is 0 Å². The number of likely N-dealkylation sites (N-methyl/N-ethyl adjacent to an activating group) is 1. The van der Waals surface area contributed by atoms with E-state index < -0.39 is 15.6 Å². The molecule has 0 amide bonds. The maximum absolute atomic E-state index is 12.0. The minimum absolute atomic E-state index is 0.0381. The molecule has 2 N–H and O–H groups in total. The van der Waals surface area contributed by atoms with Crippen LogP contribution in [0.15, 0.2) is 33.6 Å². The topological polar surface area (TPSA) is 69.6 Å². The number of benzene rings is 1. The average Bonchev–Trinajstić information content (AvgIpc) is 2.26. The molecule has 0 aliphatic heterocycles. The summed E-state index contributed by atoms with van der Waals surface area (Å²) in [6.45, 7) is 1.93. The van der Waals surface area contributed by atoms with Gasteiger partial charge in [0.1, 0.15) is 0 Å². The van der Waals surface area contributed by atoms with Gasteiger partial charge in [-0.25, -0.2) is 13.1 Å². The van der Waals surface area contributed by atoms with Crippen LogP contribution in [-0.2, 0) is 10.0 Å². The first kappa shape index (κ1) is 16.6. The van der Waals surface area contributed by atoms with Crippen LogP contribution in [0, 0.1) is 0 Å². The van der Waals surface area contributed by atoms with E-state index in [4.69, 9.17) is 0 Å². The zero-order valence-corrected chi connectivity index (χ0v) is 13.6. The van der Waals surface area contributed by atoms with Gasteiger partial charge in [-0.15, -0.1) is 0 Å². The van der Waals surface area contributed by atoms with Crippen molar-refractivity contribution in [1.29, 1.82) is 0 Å². The van der Waals surface area contributed by atoms with Crippen LogP contribution < -0.4 is 4.72 Å². The van der Waals surface area contributed by atoms with Crippen molar-refractivity contribution < 1.29 is 13.5 Å². The van der Waals surface area contributed by atoms with Crippen LogP contribution in [0.3, 0.4) is 0 Å². The van der Waals surface area contributed by atoms with Crippen LogP contribution in [0.5, 0.6) is 0 Å². The molecule has 7 heteroatoms. The summed E-state index contributed by atoms with van der Waals surface area (Å²) < 4.78 is 27.3. The lowest BCUT2D eigenvalue weighted by atomic mass is 10.1. The number of hydrogen-bond acceptors (Lipinski definition) is 4. The Balaban J connectivity index is 2.73. The zero-order valence-electron chi connectivity index (χ0n) is 11.2. The molecule has 0 aliphatic rings. The van der Waals surface area contributed by atoms with E-state index in [1.54, 1.807) is 24.0 Å². The van der Waals surface area contributed by atoms with Gasteiger partial charge in [-0.05, 0) is 45.3 Å². The molecule has 0 fully saturated rings. The van der Waals surface area contributed by atoms with E-state index in [0.29, 0.717) is 6.54 Å². The second-order valence-electron chi connectivity index (χ2n) is 5.01. The van der Waals surface area contributed by atoms with Crippen molar-refractivity contribution in [3.8, 4) is 0 Å². The first-order valence-electron chi connectivity index (χ1n) is 5.75. The van der Waals surface area contributed by atoms with E-state index in [1.165, 1.54) is 12.1 Å². The van der Waals surface area contributed by atoms with E-state index in [0.717, 1.165) is 4.47 Å². The molecule has 108 valence electrons. The zero-order chi connectivity index (χ0) is 14.7. The van der Waals surface area contributed by atoms with Crippen molar-refractivity contribution in [1.82, 2.24) is 9.62 Å². The lowest BCUT2D eigenvalue weighted by Crippen LogP contribution is -2.47. The molecular formula is C12H19BrN2O3S. The molecule has 1 aromatic rings. The quantitative estimate of drug-likeness (QED) is 0.804. The number of nitrogens with zero attached hydrogens (tertiary/aromatic N) is 1. The molecular weight excluding hydrogens is 332 g/mol. The molecule has 5 nitrogen and oxygen atoms in total. The minimum atomic E-state index is -3.60. The molecule has 0 saturated heterocycles. The third-order valence-electron chi connectivity index (χ3n) is 2.42. The van der Waals surface area contributed by atoms with Gasteiger partial charge >= 0.3 is 0 Å². The van der Waals surface area contributed by atoms with Gasteiger partial charge in [0.2, 0.25) is 10.0 Å². The molecule has 0 aliphatic carbocycles. The Morgan fingerprint density at radius 1 is 1.32 bits per heavy atom. The van der Waals surface area contributed by atoms with Crippen molar-refractivity contribution >= 4 is 26.0 Å². The van der Waals surface area contributed by atoms with E-state index in [2.05, 4.69) is 20.7 Å². The Bertz CT molecular complexity index is 512. The van der Waals surface area contributed by atoms with Crippen LogP contribution >= 0.6 is 15.9 Å². The summed E-state index contributed by atoms with van der Waals surface area (Å²) in [6, 6.07) is 6.33. The number of nitrogens with one attached hydrogen (secondary N) is 1. The number of hydrogen-bond donors (Lipinski definition) is 2. The number of rotatable bonds is 6. The van der Waals surface area contributed by atoms with Crippen LogP contribution in [-0.4, -0.2) is 51.2 Å². The predicted octanol–water partition coefficient (Wildman–Crippen LogP) is 1.04. The van der Waals surface area contributed by atoms with Gasteiger partial charge in [0.25, 0.3) is 0 Å². The van der Waals surface area contributed by atoms with Gasteiger partial charge in [-0.2, -0.15) is 0 Å². The number of sulfonamides is 1. The van der Waals surface area contributed by atoms with Gasteiger partial charge < -0.3 is 10.0 Å². The Morgan fingerprint density at radius 2 is 1.84 bits per heavy atom. The van der Waals surface area contributed by atoms with E-state index in [1.807, 2.05) is 14.1 Å². The predicted molar refractivity (Wildman–Crippen MR) is 78.5 cm³/mol. The van der Waals surface area contributed by atoms with E-state index in [9.17, 15) is 13.5 Å². The summed E-state index contributed by atoms with van der Waals surface area (Å²) in [7, 11) is 0.0389. The highest BCUT2D eigenvalue weighted by Crippen LogP contribution is 2.15. The molecule has 0 heterocycles. The van der Waals surface area contributed by atoms with Crippen LogP contribution in [0.2, 0.25) is 0 Å². The van der Waals surface area contributed by atoms with Gasteiger partial charge in [0.15, 0.2) is 0 Å². The molecule has 0 aromatic heterocycles. The first-order valence-corrected chi connectivity index (χ1v) is 8.02. The van der Waals surface area contributed by atoms with Gasteiger partial charge in [0.05, 0.1) is 10.5 Å². The Morgan fingerprint density at radius 3 is 2.32 bits per heavy atom. The van der Waals surface area contributed by atoms with Gasteiger partial charge in [-0.1, -0.05) is 15.9 Å². The summed E-state index contributed by atoms with van der Waals surface area (Å²) in [5, 5.41) is 10.1. The van der Waals surface area contributed by atoms with Crippen molar-refractivity contribution in [3.05, 3.63) is 28.7 Å². The van der Waals surface area contributed by atoms with E-state index >= 15 is 0 Å². The standard InChI is InChI=1S/C12H19BrN2O3S/c1-12(16,9-15(2)3)8-14-19(17,18)11-6-4-10(13)5-7-11/h4-7,14,16H,8-9H2,1-3H3. The fourth-order valence-electron chi connectivity index (χ4n) is 1.68. The highest BCUT2D eigenvalue weighted by molar-refractivity contribution is 9.10. The molecule has 1 rings (SSSR count). The van der Waals surface area contributed by atoms with Crippen molar-refractivity contribution in [2.45, 2.75) is 17.4 Å². The van der Waals surface area contributed by atoms with Gasteiger partial charge in [-0.3, -0.25) is 0 Å². The summed E-state index contributed by atoms with van der Waals surface area (Å²) in [5.74, 6) is 0. The molecule has 1 atom stereocenters. The minimum Gasteiger partial charge on any atom is -0.387 e. The fraction of sp³-hybridized carbons (Fsp3) is 0.500. The Hall–Kier alpha value is -0.470. The van der Waals surface area contributed by atoms with E-state index in [-0.39, 0.29) is 11.4 Å². The largest absolute Gasteiger partial charge is 0.387 e. The molecule has 0 bridgehead atoms. The summed E-state index contributed by atoms with van der Waals surface area (Å²) in [6.07, 6.45) is 0. The van der Waals surface area contributed by atoms with Crippen LogP contribution in [0.4, 0.5) is 0 Å². The lowest BCUT2D eigenvalue weighted by Gasteiger charge is -2.27. The fourth-order valence-corrected chi connectivity index (χ4v) is 3.11. The molecule has 0 spiro atoms. The molecule has 0 saturated carbocycles. The summed E-state index contributed by atoms with van der Waals surface area (Å²) in [4.78, 5) is 1.98. The van der Waals surface area contributed by atoms with Crippen LogP contribution in [0.25, 0.3) is 0 Å². The maximum atomic E-state index is 12.0. The van der Waals surface area contributed by atoms with Crippen molar-refractivity contribution in [2.75, 3.05) is 27.2 Å². The molecule has 1 unspecified atom stereocenters.